The number of benzene rings is 8. The fourth-order valence-electron chi connectivity index (χ4n) is 8.30. The maximum atomic E-state index is 5.02. The fraction of sp³-hybridized carbons (Fsp3) is 0. The van der Waals surface area contributed by atoms with Crippen LogP contribution in [0.3, 0.4) is 0 Å². The van der Waals surface area contributed by atoms with E-state index in [1.165, 1.54) is 49.2 Å². The van der Waals surface area contributed by atoms with Crippen LogP contribution >= 0.6 is 0 Å². The molecule has 0 radical (unpaired) electrons. The van der Waals surface area contributed by atoms with E-state index in [9.17, 15) is 0 Å². The van der Waals surface area contributed by atoms with Gasteiger partial charge in [0.2, 0.25) is 0 Å². The van der Waals surface area contributed by atoms with E-state index in [1.807, 2.05) is 36.4 Å². The first kappa shape index (κ1) is 31.9. The summed E-state index contributed by atoms with van der Waals surface area (Å²) < 4.78 is 4.67. The van der Waals surface area contributed by atoms with Crippen LogP contribution in [0, 0.1) is 0 Å². The van der Waals surface area contributed by atoms with Crippen molar-refractivity contribution in [1.82, 2.24) is 19.1 Å². The molecule has 0 bridgehead atoms. The molecule has 0 atom stereocenters. The number of hydrogen-bond acceptors (Lipinski definition) is 2. The molecular formula is C52H34N4. The van der Waals surface area contributed by atoms with Gasteiger partial charge < -0.3 is 9.13 Å². The number of hydrogen-bond donors (Lipinski definition) is 0. The van der Waals surface area contributed by atoms with E-state index >= 15 is 0 Å². The predicted octanol–water partition coefficient (Wildman–Crippen LogP) is 13.3. The zero-order valence-electron chi connectivity index (χ0n) is 30.4. The van der Waals surface area contributed by atoms with E-state index in [0.717, 1.165) is 44.9 Å². The molecule has 0 N–H and O–H groups in total. The van der Waals surface area contributed by atoms with E-state index in [2.05, 4.69) is 179 Å². The minimum absolute atomic E-state index is 0.709. The zero-order chi connectivity index (χ0) is 37.0. The van der Waals surface area contributed by atoms with Crippen molar-refractivity contribution >= 4 is 43.5 Å². The van der Waals surface area contributed by atoms with Crippen molar-refractivity contribution in [3.8, 4) is 56.4 Å². The van der Waals surface area contributed by atoms with E-state index in [4.69, 9.17) is 9.97 Å². The molecule has 0 saturated heterocycles. The first-order valence-electron chi connectivity index (χ1n) is 19.0. The van der Waals surface area contributed by atoms with Gasteiger partial charge in [0.15, 0.2) is 5.82 Å². The highest BCUT2D eigenvalue weighted by Gasteiger charge is 2.17. The molecule has 11 rings (SSSR count). The van der Waals surface area contributed by atoms with Gasteiger partial charge >= 0.3 is 0 Å². The molecule has 3 aromatic heterocycles. The Bertz CT molecular complexity index is 3140. The third-order valence-corrected chi connectivity index (χ3v) is 11.0. The van der Waals surface area contributed by atoms with Crippen molar-refractivity contribution in [2.75, 3.05) is 0 Å². The van der Waals surface area contributed by atoms with Crippen LogP contribution in [0.1, 0.15) is 0 Å². The van der Waals surface area contributed by atoms with Crippen LogP contribution in [0.4, 0.5) is 0 Å². The Labute approximate surface area is 324 Å². The summed E-state index contributed by atoms with van der Waals surface area (Å²) in [6.07, 6.45) is 2.18. The van der Waals surface area contributed by atoms with Crippen LogP contribution < -0.4 is 0 Å². The standard InChI is InChI=1S/C52H34N4/c1-4-12-37(13-5-1)46-34-47(38-14-6-2-7-15-38)54-52(53-46)39-22-20-35(21-23-39)36-24-26-41(27-25-36)56-49-19-11-10-18-45(49)51-44-29-30-48-43(42(44)28-31-50(51)56)32-33-55(48)40-16-8-3-9-17-40/h1-34H. The molecule has 0 saturated carbocycles. The number of aromatic nitrogens is 4. The zero-order valence-corrected chi connectivity index (χ0v) is 30.4. The highest BCUT2D eigenvalue weighted by molar-refractivity contribution is 6.25. The molecule has 3 heterocycles. The second kappa shape index (κ2) is 13.1. The quantitative estimate of drug-likeness (QED) is 0.172. The van der Waals surface area contributed by atoms with Gasteiger partial charge in [-0.15, -0.1) is 0 Å². The Morgan fingerprint density at radius 1 is 0.321 bits per heavy atom. The molecule has 4 nitrogen and oxygen atoms in total. The van der Waals surface area contributed by atoms with E-state index in [0.29, 0.717) is 5.82 Å². The van der Waals surface area contributed by atoms with Gasteiger partial charge in [-0.3, -0.25) is 0 Å². The van der Waals surface area contributed by atoms with Gasteiger partial charge in [-0.25, -0.2) is 9.97 Å². The van der Waals surface area contributed by atoms with Gasteiger partial charge in [0.25, 0.3) is 0 Å². The summed E-state index contributed by atoms with van der Waals surface area (Å²) in [7, 11) is 0. The third kappa shape index (κ3) is 5.31. The molecule has 0 aliphatic heterocycles. The average Bonchev–Trinajstić information content (AvgIpc) is 3.87. The summed E-state index contributed by atoms with van der Waals surface area (Å²) in [5.74, 6) is 0.709. The molecular weight excluding hydrogens is 681 g/mol. The smallest absolute Gasteiger partial charge is 0.160 e. The van der Waals surface area contributed by atoms with E-state index in [-0.39, 0.29) is 0 Å². The average molecular weight is 715 g/mol. The molecule has 0 amide bonds. The Morgan fingerprint density at radius 2 is 0.875 bits per heavy atom. The van der Waals surface area contributed by atoms with Gasteiger partial charge in [-0.05, 0) is 76.5 Å². The summed E-state index contributed by atoms with van der Waals surface area (Å²) in [4.78, 5) is 10.0. The maximum Gasteiger partial charge on any atom is 0.160 e. The largest absolute Gasteiger partial charge is 0.317 e. The van der Waals surface area contributed by atoms with Crippen LogP contribution in [-0.2, 0) is 0 Å². The molecule has 262 valence electrons. The van der Waals surface area contributed by atoms with Crippen molar-refractivity contribution in [3.63, 3.8) is 0 Å². The lowest BCUT2D eigenvalue weighted by molar-refractivity contribution is 1.13. The summed E-state index contributed by atoms with van der Waals surface area (Å²) >= 11 is 0. The number of nitrogens with zero attached hydrogens (tertiary/aromatic N) is 4. The molecule has 0 aliphatic rings. The predicted molar refractivity (Wildman–Crippen MR) is 232 cm³/mol. The van der Waals surface area contributed by atoms with Crippen molar-refractivity contribution < 1.29 is 0 Å². The molecule has 0 unspecified atom stereocenters. The SMILES string of the molecule is c1ccc(-c2cc(-c3ccccc3)nc(-c3ccc(-c4ccc(-n5c6ccccc6c6c7ccc8c(ccn8-c8ccccc8)c7ccc65)cc4)cc3)n2)cc1. The summed E-state index contributed by atoms with van der Waals surface area (Å²) in [5.41, 5.74) is 13.1. The van der Waals surface area contributed by atoms with Gasteiger partial charge in [0.1, 0.15) is 0 Å². The summed E-state index contributed by atoms with van der Waals surface area (Å²) in [6.45, 7) is 0. The topological polar surface area (TPSA) is 35.6 Å². The summed E-state index contributed by atoms with van der Waals surface area (Å²) in [5, 5.41) is 6.32. The molecule has 11 aromatic rings. The van der Waals surface area contributed by atoms with Crippen LogP contribution in [0.2, 0.25) is 0 Å². The highest BCUT2D eigenvalue weighted by atomic mass is 15.0. The van der Waals surface area contributed by atoms with E-state index < -0.39 is 0 Å². The maximum absolute atomic E-state index is 5.02. The Balaban J connectivity index is 0.958. The molecule has 0 fully saturated rings. The second-order valence-electron chi connectivity index (χ2n) is 14.2. The molecule has 4 heteroatoms. The lowest BCUT2D eigenvalue weighted by Gasteiger charge is -2.11. The number of para-hydroxylation sites is 2. The second-order valence-corrected chi connectivity index (χ2v) is 14.2. The van der Waals surface area contributed by atoms with Crippen LogP contribution in [0.25, 0.3) is 99.9 Å². The number of rotatable bonds is 6. The monoisotopic (exact) mass is 714 g/mol. The lowest BCUT2D eigenvalue weighted by Crippen LogP contribution is -1.96. The Kier molecular flexibility index (Phi) is 7.46. The fourth-order valence-corrected chi connectivity index (χ4v) is 8.30. The first-order chi connectivity index (χ1) is 27.8. The summed E-state index contributed by atoms with van der Waals surface area (Å²) in [6, 6.07) is 71.0. The lowest BCUT2D eigenvalue weighted by atomic mass is 10.0. The van der Waals surface area contributed by atoms with Gasteiger partial charge in [0.05, 0.1) is 27.9 Å². The van der Waals surface area contributed by atoms with Crippen molar-refractivity contribution in [1.29, 1.82) is 0 Å². The molecule has 8 aromatic carbocycles. The van der Waals surface area contributed by atoms with Crippen LogP contribution in [-0.4, -0.2) is 19.1 Å². The molecule has 0 spiro atoms. The van der Waals surface area contributed by atoms with E-state index in [1.54, 1.807) is 0 Å². The van der Waals surface area contributed by atoms with Crippen molar-refractivity contribution in [2.24, 2.45) is 0 Å². The first-order valence-corrected chi connectivity index (χ1v) is 19.0. The Hall–Kier alpha value is -7.56. The van der Waals surface area contributed by atoms with Crippen molar-refractivity contribution in [3.05, 3.63) is 206 Å². The van der Waals surface area contributed by atoms with Crippen LogP contribution in [0.15, 0.2) is 206 Å². The third-order valence-electron chi connectivity index (χ3n) is 11.0. The minimum atomic E-state index is 0.709. The van der Waals surface area contributed by atoms with Gasteiger partial charge in [-0.2, -0.15) is 0 Å². The van der Waals surface area contributed by atoms with Gasteiger partial charge in [0, 0.05) is 50.4 Å². The molecule has 0 aliphatic carbocycles. The highest BCUT2D eigenvalue weighted by Crippen LogP contribution is 2.40. The number of fused-ring (bicyclic) bond motifs is 7. The Morgan fingerprint density at radius 3 is 1.55 bits per heavy atom. The minimum Gasteiger partial charge on any atom is -0.317 e. The van der Waals surface area contributed by atoms with Crippen LogP contribution in [0.5, 0.6) is 0 Å². The molecule has 56 heavy (non-hydrogen) atoms. The van der Waals surface area contributed by atoms with Crippen molar-refractivity contribution in [2.45, 2.75) is 0 Å². The van der Waals surface area contributed by atoms with Gasteiger partial charge in [-0.1, -0.05) is 146 Å². The normalized spacial score (nSPS) is 11.6.